The fourth-order valence-electron chi connectivity index (χ4n) is 1.81. The first-order valence-corrected chi connectivity index (χ1v) is 7.95. The van der Waals surface area contributed by atoms with Crippen molar-refractivity contribution in [2.75, 3.05) is 10.0 Å². The van der Waals surface area contributed by atoms with Gasteiger partial charge in [-0.3, -0.25) is 9.52 Å². The third-order valence-corrected chi connectivity index (χ3v) is 4.30. The molecule has 0 atom stereocenters. The summed E-state index contributed by atoms with van der Waals surface area (Å²) >= 11 is 0. The van der Waals surface area contributed by atoms with Crippen LogP contribution in [-0.2, 0) is 14.8 Å². The Hall–Kier alpha value is -2.69. The molecule has 0 fully saturated rings. The highest BCUT2D eigenvalue weighted by molar-refractivity contribution is 7.92. The van der Waals surface area contributed by atoms with Gasteiger partial charge in [-0.2, -0.15) is 0 Å². The van der Waals surface area contributed by atoms with Crippen molar-refractivity contribution in [3.8, 4) is 0 Å². The van der Waals surface area contributed by atoms with Gasteiger partial charge in [-0.15, -0.1) is 0 Å². The molecule has 2 aromatic rings. The molecule has 0 radical (unpaired) electrons. The number of carbonyl (C=O) groups excluding carboxylic acids is 1. The van der Waals surface area contributed by atoms with Gasteiger partial charge >= 0.3 is 0 Å². The van der Waals surface area contributed by atoms with Crippen molar-refractivity contribution in [3.63, 3.8) is 0 Å². The van der Waals surface area contributed by atoms with Crippen LogP contribution in [0.15, 0.2) is 29.2 Å². The molecule has 0 aromatic heterocycles. The predicted octanol–water partition coefficient (Wildman–Crippen LogP) is 3.14. The van der Waals surface area contributed by atoms with Crippen LogP contribution in [0, 0.1) is 29.1 Å². The normalized spacial score (nSPS) is 11.3. The zero-order chi connectivity index (χ0) is 18.9. The summed E-state index contributed by atoms with van der Waals surface area (Å²) in [5.41, 5.74) is -1.45. The summed E-state index contributed by atoms with van der Waals surface area (Å²) in [7, 11) is -4.65. The number of amides is 1. The van der Waals surface area contributed by atoms with Gasteiger partial charge in [-0.25, -0.2) is 30.4 Å². The highest BCUT2D eigenvalue weighted by Crippen LogP contribution is 2.29. The van der Waals surface area contributed by atoms with E-state index in [0.29, 0.717) is 0 Å². The van der Waals surface area contributed by atoms with Gasteiger partial charge in [0.25, 0.3) is 10.0 Å². The summed E-state index contributed by atoms with van der Waals surface area (Å²) in [6.07, 6.45) is 0. The number of rotatable bonds is 4. The number of carbonyl (C=O) groups is 1. The van der Waals surface area contributed by atoms with Crippen LogP contribution in [0.3, 0.4) is 0 Å². The summed E-state index contributed by atoms with van der Waals surface area (Å²) < 4.78 is 91.8. The van der Waals surface area contributed by atoms with Crippen LogP contribution in [-0.4, -0.2) is 14.3 Å². The van der Waals surface area contributed by atoms with E-state index < -0.39 is 55.6 Å². The highest BCUT2D eigenvalue weighted by atomic mass is 32.2. The molecule has 2 rings (SSSR count). The average molecular weight is 380 g/mol. The largest absolute Gasteiger partial charge is 0.326 e. The number of anilines is 2. The van der Waals surface area contributed by atoms with E-state index in [-0.39, 0.29) is 5.69 Å². The van der Waals surface area contributed by atoms with Gasteiger partial charge in [0.2, 0.25) is 11.7 Å². The van der Waals surface area contributed by atoms with Gasteiger partial charge in [-0.05, 0) is 24.3 Å². The second-order valence-electron chi connectivity index (χ2n) is 4.76. The number of benzene rings is 2. The predicted molar refractivity (Wildman–Crippen MR) is 77.8 cm³/mol. The minimum atomic E-state index is -4.65. The number of hydrogen-bond donors (Lipinski definition) is 2. The highest BCUT2D eigenvalue weighted by Gasteiger charge is 2.28. The van der Waals surface area contributed by atoms with E-state index in [1.807, 2.05) is 0 Å². The van der Waals surface area contributed by atoms with Crippen molar-refractivity contribution < 1.29 is 35.2 Å². The molecule has 11 heteroatoms. The molecule has 0 saturated carbocycles. The molecule has 134 valence electrons. The number of nitrogens with one attached hydrogen (secondary N) is 2. The van der Waals surface area contributed by atoms with Gasteiger partial charge in [0.1, 0.15) is 5.69 Å². The zero-order valence-electron chi connectivity index (χ0n) is 12.3. The quantitative estimate of drug-likeness (QED) is 0.486. The van der Waals surface area contributed by atoms with Crippen molar-refractivity contribution in [2.24, 2.45) is 0 Å². The first-order chi connectivity index (χ1) is 11.5. The van der Waals surface area contributed by atoms with Crippen molar-refractivity contribution in [2.45, 2.75) is 11.8 Å². The lowest BCUT2D eigenvalue weighted by Gasteiger charge is -2.12. The fraction of sp³-hybridized carbons (Fsp3) is 0.0714. The monoisotopic (exact) mass is 380 g/mol. The first-order valence-electron chi connectivity index (χ1n) is 6.46. The lowest BCUT2D eigenvalue weighted by molar-refractivity contribution is -0.114. The number of halogens is 5. The number of sulfonamides is 1. The van der Waals surface area contributed by atoms with Gasteiger partial charge in [-0.1, -0.05) is 0 Å². The standard InChI is InChI=1S/C14H9F5N2O3S/c1-6(22)20-7-2-4-8(5-3-7)25(23,24)21-14-12(18)10(16)9(15)11(17)13(14)19/h2-5,21H,1H3,(H,20,22). The Bertz CT molecular complexity index is 917. The second-order valence-corrected chi connectivity index (χ2v) is 6.44. The Morgan fingerprint density at radius 1 is 0.840 bits per heavy atom. The van der Waals surface area contributed by atoms with Crippen molar-refractivity contribution in [3.05, 3.63) is 53.4 Å². The molecule has 0 bridgehead atoms. The van der Waals surface area contributed by atoms with Crippen LogP contribution in [0.1, 0.15) is 6.92 Å². The summed E-state index contributed by atoms with van der Waals surface area (Å²) in [4.78, 5) is 10.4. The fourth-order valence-corrected chi connectivity index (χ4v) is 2.87. The molecular formula is C14H9F5N2O3S. The zero-order valence-corrected chi connectivity index (χ0v) is 13.1. The summed E-state index contributed by atoms with van der Waals surface area (Å²) in [5, 5.41) is 2.36. The molecule has 0 aliphatic carbocycles. The molecule has 2 aromatic carbocycles. The molecule has 25 heavy (non-hydrogen) atoms. The molecule has 0 saturated heterocycles. The van der Waals surface area contributed by atoms with E-state index in [9.17, 15) is 35.2 Å². The first kappa shape index (κ1) is 18.6. The Balaban J connectivity index is 2.41. The third kappa shape index (κ3) is 3.71. The topological polar surface area (TPSA) is 75.3 Å². The van der Waals surface area contributed by atoms with Gasteiger partial charge in [0, 0.05) is 12.6 Å². The molecule has 5 nitrogen and oxygen atoms in total. The van der Waals surface area contributed by atoms with Crippen molar-refractivity contribution in [1.29, 1.82) is 0 Å². The Morgan fingerprint density at radius 2 is 1.28 bits per heavy atom. The summed E-state index contributed by atoms with van der Waals surface area (Å²) in [6.45, 7) is 1.22. The molecule has 0 aliphatic rings. The Labute approximate surface area is 138 Å². The molecular weight excluding hydrogens is 371 g/mol. The smallest absolute Gasteiger partial charge is 0.262 e. The van der Waals surface area contributed by atoms with E-state index >= 15 is 0 Å². The van der Waals surface area contributed by atoms with E-state index in [1.165, 1.54) is 23.8 Å². The lowest BCUT2D eigenvalue weighted by atomic mass is 10.2. The maximum Gasteiger partial charge on any atom is 0.262 e. The van der Waals surface area contributed by atoms with Crippen LogP contribution in [0.25, 0.3) is 0 Å². The number of hydrogen-bond acceptors (Lipinski definition) is 3. The minimum absolute atomic E-state index is 0.239. The van der Waals surface area contributed by atoms with E-state index in [1.54, 1.807) is 0 Å². The molecule has 0 aliphatic heterocycles. The average Bonchev–Trinajstić information content (AvgIpc) is 2.55. The Morgan fingerprint density at radius 3 is 1.72 bits per heavy atom. The molecule has 2 N–H and O–H groups in total. The SMILES string of the molecule is CC(=O)Nc1ccc(S(=O)(=O)Nc2c(F)c(F)c(F)c(F)c2F)cc1. The van der Waals surface area contributed by atoms with Crippen LogP contribution >= 0.6 is 0 Å². The molecule has 0 unspecified atom stereocenters. The van der Waals surface area contributed by atoms with Gasteiger partial charge in [0.15, 0.2) is 23.3 Å². The van der Waals surface area contributed by atoms with Crippen molar-refractivity contribution >= 4 is 27.3 Å². The summed E-state index contributed by atoms with van der Waals surface area (Å²) in [6, 6.07) is 4.29. The lowest BCUT2D eigenvalue weighted by Crippen LogP contribution is -2.17. The Kier molecular flexibility index (Phi) is 4.97. The van der Waals surface area contributed by atoms with Crippen LogP contribution in [0.2, 0.25) is 0 Å². The molecule has 0 heterocycles. The van der Waals surface area contributed by atoms with Gasteiger partial charge in [0.05, 0.1) is 4.90 Å². The van der Waals surface area contributed by atoms with Gasteiger partial charge < -0.3 is 5.32 Å². The van der Waals surface area contributed by atoms with Crippen molar-refractivity contribution in [1.82, 2.24) is 0 Å². The van der Waals surface area contributed by atoms with E-state index in [2.05, 4.69) is 5.32 Å². The minimum Gasteiger partial charge on any atom is -0.326 e. The van der Waals surface area contributed by atoms with Crippen LogP contribution < -0.4 is 10.0 Å². The van der Waals surface area contributed by atoms with E-state index in [0.717, 1.165) is 12.1 Å². The molecule has 0 spiro atoms. The van der Waals surface area contributed by atoms with Crippen LogP contribution in [0.4, 0.5) is 33.3 Å². The third-order valence-electron chi connectivity index (χ3n) is 2.93. The maximum atomic E-state index is 13.6. The van der Waals surface area contributed by atoms with E-state index in [4.69, 9.17) is 0 Å². The second kappa shape index (κ2) is 6.67. The summed E-state index contributed by atoms with van der Waals surface area (Å²) in [5.74, 6) is -12.0. The van der Waals surface area contributed by atoms with Crippen LogP contribution in [0.5, 0.6) is 0 Å². The molecule has 1 amide bonds. The maximum absolute atomic E-state index is 13.6.